The van der Waals surface area contributed by atoms with E-state index in [2.05, 4.69) is 9.88 Å². The zero-order chi connectivity index (χ0) is 26.4. The van der Waals surface area contributed by atoms with Crippen LogP contribution < -0.4 is 10.9 Å². The van der Waals surface area contributed by atoms with Crippen LogP contribution in [-0.4, -0.2) is 68.4 Å². The molecule has 2 aromatic heterocycles. The Labute approximate surface area is 210 Å². The first kappa shape index (κ1) is 27.5. The van der Waals surface area contributed by atoms with E-state index in [9.17, 15) is 19.8 Å². The molecule has 0 amide bonds. The van der Waals surface area contributed by atoms with E-state index in [1.54, 1.807) is 24.7 Å². The summed E-state index contributed by atoms with van der Waals surface area (Å²) < 4.78 is 15.1. The molecule has 1 saturated heterocycles. The number of pyridine rings is 1. The number of aromatic nitrogens is 3. The largest absolute Gasteiger partial charge is 0.480 e. The lowest BCUT2D eigenvalue weighted by atomic mass is 10.1. The van der Waals surface area contributed by atoms with E-state index in [0.29, 0.717) is 37.8 Å². The SMILES string of the molecule is CC.Cc1cc(-c2nc3cc(CNC(C(=O)O)C(C)O)ccc3n2CC2COCCO2)cn(C)c1=O. The highest BCUT2D eigenvalue weighted by Crippen LogP contribution is 2.27. The number of carboxylic acid groups (broad SMARTS) is 1. The maximum Gasteiger partial charge on any atom is 0.323 e. The van der Waals surface area contributed by atoms with Crippen LogP contribution in [0.25, 0.3) is 22.4 Å². The third-order valence-corrected chi connectivity index (χ3v) is 5.98. The fourth-order valence-corrected chi connectivity index (χ4v) is 4.23. The number of ether oxygens (including phenoxy) is 2. The molecule has 1 aliphatic heterocycles. The molecule has 1 aromatic carbocycles. The Kier molecular flexibility index (Phi) is 9.38. The lowest BCUT2D eigenvalue weighted by molar-refractivity contribution is -0.142. The van der Waals surface area contributed by atoms with E-state index in [1.165, 1.54) is 6.92 Å². The summed E-state index contributed by atoms with van der Waals surface area (Å²) in [5, 5.41) is 21.9. The van der Waals surface area contributed by atoms with Gasteiger partial charge in [0.25, 0.3) is 5.56 Å². The highest BCUT2D eigenvalue weighted by molar-refractivity contribution is 5.81. The molecule has 0 bridgehead atoms. The number of nitrogens with zero attached hydrogens (tertiary/aromatic N) is 3. The van der Waals surface area contributed by atoms with Crippen molar-refractivity contribution >= 4 is 17.0 Å². The van der Waals surface area contributed by atoms with Gasteiger partial charge in [-0.1, -0.05) is 19.9 Å². The van der Waals surface area contributed by atoms with Crippen LogP contribution in [0.2, 0.25) is 0 Å². The molecule has 10 nitrogen and oxygen atoms in total. The predicted octanol–water partition coefficient (Wildman–Crippen LogP) is 2.08. The molecule has 196 valence electrons. The molecule has 3 unspecified atom stereocenters. The number of aliphatic carboxylic acids is 1. The van der Waals surface area contributed by atoms with Crippen LogP contribution in [0, 0.1) is 6.92 Å². The maximum atomic E-state index is 12.2. The van der Waals surface area contributed by atoms with Crippen molar-refractivity contribution in [2.75, 3.05) is 19.8 Å². The van der Waals surface area contributed by atoms with Crippen molar-refractivity contribution in [2.24, 2.45) is 7.05 Å². The molecule has 36 heavy (non-hydrogen) atoms. The minimum Gasteiger partial charge on any atom is -0.480 e. The van der Waals surface area contributed by atoms with Gasteiger partial charge >= 0.3 is 5.97 Å². The summed E-state index contributed by atoms with van der Waals surface area (Å²) in [7, 11) is 1.72. The van der Waals surface area contributed by atoms with Crippen molar-refractivity contribution in [3.05, 3.63) is 51.9 Å². The fourth-order valence-electron chi connectivity index (χ4n) is 4.23. The zero-order valence-corrected chi connectivity index (χ0v) is 21.5. The van der Waals surface area contributed by atoms with Gasteiger partial charge in [0.2, 0.25) is 0 Å². The van der Waals surface area contributed by atoms with Crippen LogP contribution in [-0.2, 0) is 34.4 Å². The normalized spacial score (nSPS) is 17.3. The first-order valence-electron chi connectivity index (χ1n) is 12.2. The number of aliphatic hydroxyl groups excluding tert-OH is 1. The highest BCUT2D eigenvalue weighted by atomic mass is 16.6. The number of nitrogens with one attached hydrogen (secondary N) is 1. The first-order chi connectivity index (χ1) is 17.2. The molecule has 0 aliphatic carbocycles. The van der Waals surface area contributed by atoms with Crippen LogP contribution in [0.4, 0.5) is 0 Å². The molecule has 0 spiro atoms. The molecule has 3 heterocycles. The number of carboxylic acids is 1. The molecule has 3 aromatic rings. The molecular formula is C26H36N4O6. The summed E-state index contributed by atoms with van der Waals surface area (Å²) in [5.74, 6) is -0.400. The fraction of sp³-hybridized carbons (Fsp3) is 0.500. The second-order valence-corrected chi connectivity index (χ2v) is 8.70. The maximum absolute atomic E-state index is 12.2. The predicted molar refractivity (Wildman–Crippen MR) is 137 cm³/mol. The molecule has 3 atom stereocenters. The lowest BCUT2D eigenvalue weighted by Crippen LogP contribution is -2.44. The first-order valence-corrected chi connectivity index (χ1v) is 12.2. The van der Waals surface area contributed by atoms with E-state index in [4.69, 9.17) is 14.5 Å². The zero-order valence-electron chi connectivity index (χ0n) is 21.5. The van der Waals surface area contributed by atoms with Crippen molar-refractivity contribution in [3.8, 4) is 11.4 Å². The monoisotopic (exact) mass is 500 g/mol. The summed E-state index contributed by atoms with van der Waals surface area (Å²) in [6.45, 7) is 9.62. The number of carbonyl (C=O) groups is 1. The Morgan fingerprint density at radius 1 is 1.28 bits per heavy atom. The summed E-state index contributed by atoms with van der Waals surface area (Å²) in [6.07, 6.45) is 0.619. The average Bonchev–Trinajstić information content (AvgIpc) is 3.21. The Balaban J connectivity index is 0.00000176. The third-order valence-electron chi connectivity index (χ3n) is 5.98. The lowest BCUT2D eigenvalue weighted by Gasteiger charge is -2.24. The Hall–Kier alpha value is -3.05. The van der Waals surface area contributed by atoms with Crippen LogP contribution >= 0.6 is 0 Å². The molecular weight excluding hydrogens is 464 g/mol. The van der Waals surface area contributed by atoms with Crippen molar-refractivity contribution in [1.82, 2.24) is 19.4 Å². The molecule has 3 N–H and O–H groups in total. The topological polar surface area (TPSA) is 128 Å². The van der Waals surface area contributed by atoms with Gasteiger partial charge < -0.3 is 28.8 Å². The van der Waals surface area contributed by atoms with Crippen molar-refractivity contribution in [2.45, 2.75) is 59.0 Å². The van der Waals surface area contributed by atoms with Crippen LogP contribution in [0.3, 0.4) is 0 Å². The van der Waals surface area contributed by atoms with Crippen LogP contribution in [0.1, 0.15) is 31.9 Å². The Morgan fingerprint density at radius 2 is 2.03 bits per heavy atom. The summed E-state index contributed by atoms with van der Waals surface area (Å²) in [5.41, 5.74) is 3.84. The van der Waals surface area contributed by atoms with Gasteiger partial charge in [-0.25, -0.2) is 4.98 Å². The van der Waals surface area contributed by atoms with Crippen molar-refractivity contribution in [1.29, 1.82) is 0 Å². The highest BCUT2D eigenvalue weighted by Gasteiger charge is 2.23. The molecule has 1 fully saturated rings. The number of imidazole rings is 1. The van der Waals surface area contributed by atoms with Gasteiger partial charge in [0, 0.05) is 30.9 Å². The van der Waals surface area contributed by atoms with E-state index in [-0.39, 0.29) is 18.2 Å². The molecule has 4 rings (SSSR count). The molecule has 1 aliphatic rings. The van der Waals surface area contributed by atoms with Crippen molar-refractivity contribution in [3.63, 3.8) is 0 Å². The second-order valence-electron chi connectivity index (χ2n) is 8.70. The number of fused-ring (bicyclic) bond motifs is 1. The summed E-state index contributed by atoms with van der Waals surface area (Å²) in [6, 6.07) is 6.51. The average molecular weight is 501 g/mol. The number of benzene rings is 1. The summed E-state index contributed by atoms with van der Waals surface area (Å²) in [4.78, 5) is 28.5. The van der Waals surface area contributed by atoms with E-state index in [0.717, 1.165) is 22.2 Å². The molecule has 0 radical (unpaired) electrons. The smallest absolute Gasteiger partial charge is 0.323 e. The standard InChI is InChI=1S/C24H30N4O6.C2H6/c1-14-8-17(11-27(3)23(14)30)22-26-19-9-16(10-25-21(15(2)29)24(31)32)4-5-20(19)28(22)12-18-13-33-6-7-34-18;1-2/h4-5,8-9,11,15,18,21,25,29H,6-7,10,12-13H2,1-3H3,(H,31,32);1-2H3. The van der Waals surface area contributed by atoms with E-state index >= 15 is 0 Å². The van der Waals surface area contributed by atoms with E-state index in [1.807, 2.05) is 38.1 Å². The minimum atomic E-state index is -1.11. The molecule has 0 saturated carbocycles. The van der Waals surface area contributed by atoms with Gasteiger partial charge in [0.05, 0.1) is 49.6 Å². The van der Waals surface area contributed by atoms with Gasteiger partial charge in [-0.2, -0.15) is 0 Å². The van der Waals surface area contributed by atoms with Gasteiger partial charge in [-0.3, -0.25) is 14.9 Å². The Morgan fingerprint density at radius 3 is 2.64 bits per heavy atom. The number of aliphatic hydroxyl groups is 1. The second kappa shape index (κ2) is 12.3. The van der Waals surface area contributed by atoms with Gasteiger partial charge in [-0.15, -0.1) is 0 Å². The minimum absolute atomic E-state index is 0.0603. The van der Waals surface area contributed by atoms with Gasteiger partial charge in [0.1, 0.15) is 11.9 Å². The van der Waals surface area contributed by atoms with Crippen molar-refractivity contribution < 1.29 is 24.5 Å². The number of hydrogen-bond acceptors (Lipinski definition) is 7. The van der Waals surface area contributed by atoms with Gasteiger partial charge in [-0.05, 0) is 37.6 Å². The van der Waals surface area contributed by atoms with Crippen LogP contribution in [0.5, 0.6) is 0 Å². The van der Waals surface area contributed by atoms with Crippen LogP contribution in [0.15, 0.2) is 35.3 Å². The number of aryl methyl sites for hydroxylation is 2. The summed E-state index contributed by atoms with van der Waals surface area (Å²) >= 11 is 0. The van der Waals surface area contributed by atoms with E-state index < -0.39 is 18.1 Å². The number of rotatable bonds is 8. The molecule has 10 heteroatoms. The third kappa shape index (κ3) is 6.19. The van der Waals surface area contributed by atoms with Gasteiger partial charge in [0.15, 0.2) is 0 Å². The quantitative estimate of drug-likeness (QED) is 0.429. The number of hydrogen-bond donors (Lipinski definition) is 3. The Bertz CT molecular complexity index is 1220.